The van der Waals surface area contributed by atoms with E-state index in [1.54, 1.807) is 30.3 Å². The zero-order chi connectivity index (χ0) is 20.5. The summed E-state index contributed by atoms with van der Waals surface area (Å²) in [5, 5.41) is 14.6. The summed E-state index contributed by atoms with van der Waals surface area (Å²) in [6.07, 6.45) is 4.53. The molecular weight excluding hydrogens is 354 g/mol. The fourth-order valence-corrected chi connectivity index (χ4v) is 3.41. The Morgan fingerprint density at radius 3 is 2.61 bits per heavy atom. The van der Waals surface area contributed by atoms with Gasteiger partial charge < -0.3 is 15.2 Å². The van der Waals surface area contributed by atoms with Gasteiger partial charge in [-0.15, -0.1) is 0 Å². The van der Waals surface area contributed by atoms with E-state index in [1.165, 1.54) is 7.11 Å². The molecule has 0 aliphatic carbocycles. The number of aromatic hydroxyl groups is 1. The van der Waals surface area contributed by atoms with Crippen LogP contribution in [0.5, 0.6) is 11.5 Å². The summed E-state index contributed by atoms with van der Waals surface area (Å²) >= 11 is 0. The summed E-state index contributed by atoms with van der Waals surface area (Å²) < 4.78 is 5.12. The predicted molar refractivity (Wildman–Crippen MR) is 112 cm³/mol. The summed E-state index contributed by atoms with van der Waals surface area (Å²) in [6.45, 7) is 3.24. The van der Waals surface area contributed by atoms with Crippen molar-refractivity contribution in [2.24, 2.45) is 5.92 Å². The molecular formula is C23H31NO4. The van der Waals surface area contributed by atoms with E-state index >= 15 is 0 Å². The van der Waals surface area contributed by atoms with Gasteiger partial charge in [0.25, 0.3) is 0 Å². The van der Waals surface area contributed by atoms with E-state index in [2.05, 4.69) is 12.2 Å². The molecule has 2 N–H and O–H groups in total. The normalized spacial score (nSPS) is 12.1. The largest absolute Gasteiger partial charge is 0.504 e. The molecule has 5 heteroatoms. The number of benzene rings is 2. The van der Waals surface area contributed by atoms with Crippen LogP contribution in [0.3, 0.4) is 0 Å². The topological polar surface area (TPSA) is 75.6 Å². The third kappa shape index (κ3) is 6.34. The van der Waals surface area contributed by atoms with Crippen molar-refractivity contribution in [2.45, 2.75) is 45.4 Å². The fourth-order valence-electron chi connectivity index (χ4n) is 3.41. The van der Waals surface area contributed by atoms with E-state index in [4.69, 9.17) is 4.74 Å². The molecule has 1 atom stereocenters. The van der Waals surface area contributed by atoms with Crippen LogP contribution in [0.1, 0.15) is 55.8 Å². The Bertz CT molecular complexity index is 816. The number of methoxy groups -OCH3 is 1. The standard InChI is InChI=1S/C23H31NO4/c1-16(15-24-2)7-5-4-6-8-20(25)14-21(26)18-10-9-17-12-22(27)23(28-3)13-19(17)11-18/h9-13,16,24,27H,4-8,14-15H2,1-3H3/t16-/m1/s1. The second-order valence-electron chi connectivity index (χ2n) is 7.49. The van der Waals surface area contributed by atoms with Crippen molar-refractivity contribution in [1.29, 1.82) is 0 Å². The number of carbonyl (C=O) groups is 2. The first kappa shape index (κ1) is 21.9. The molecule has 5 nitrogen and oxygen atoms in total. The van der Waals surface area contributed by atoms with E-state index in [0.717, 1.165) is 43.0 Å². The first-order chi connectivity index (χ1) is 13.4. The van der Waals surface area contributed by atoms with E-state index in [9.17, 15) is 14.7 Å². The van der Waals surface area contributed by atoms with Crippen LogP contribution in [0.15, 0.2) is 30.3 Å². The van der Waals surface area contributed by atoms with Gasteiger partial charge in [-0.2, -0.15) is 0 Å². The van der Waals surface area contributed by atoms with Crippen molar-refractivity contribution in [2.75, 3.05) is 20.7 Å². The van der Waals surface area contributed by atoms with Gasteiger partial charge in [0.1, 0.15) is 5.78 Å². The average Bonchev–Trinajstić information content (AvgIpc) is 2.66. The van der Waals surface area contributed by atoms with E-state index in [-0.39, 0.29) is 23.7 Å². The van der Waals surface area contributed by atoms with Gasteiger partial charge in [-0.3, -0.25) is 9.59 Å². The van der Waals surface area contributed by atoms with Crippen LogP contribution < -0.4 is 10.1 Å². The Hall–Kier alpha value is -2.40. The lowest BCUT2D eigenvalue weighted by Gasteiger charge is -2.09. The molecule has 0 aliphatic heterocycles. The molecule has 0 spiro atoms. The van der Waals surface area contributed by atoms with Gasteiger partial charge in [0.2, 0.25) is 0 Å². The SMILES string of the molecule is CNC[C@H](C)CCCCCC(=O)CC(=O)c1ccc2cc(O)c(OC)cc2c1. The number of carbonyl (C=O) groups excluding carboxylic acids is 2. The molecule has 0 amide bonds. The molecule has 28 heavy (non-hydrogen) atoms. The highest BCUT2D eigenvalue weighted by molar-refractivity contribution is 6.09. The van der Waals surface area contributed by atoms with Crippen LogP contribution in [0, 0.1) is 5.92 Å². The van der Waals surface area contributed by atoms with Crippen LogP contribution in [-0.2, 0) is 4.79 Å². The van der Waals surface area contributed by atoms with Crippen LogP contribution in [0.25, 0.3) is 10.8 Å². The molecule has 0 fully saturated rings. The fraction of sp³-hybridized carbons (Fsp3) is 0.478. The quantitative estimate of drug-likeness (QED) is 0.320. The average molecular weight is 386 g/mol. The van der Waals surface area contributed by atoms with Crippen LogP contribution in [0.4, 0.5) is 0 Å². The van der Waals surface area contributed by atoms with Gasteiger partial charge in [-0.05, 0) is 61.3 Å². The monoisotopic (exact) mass is 385 g/mol. The minimum absolute atomic E-state index is 0.00310. The zero-order valence-corrected chi connectivity index (χ0v) is 17.1. The number of phenols is 1. The van der Waals surface area contributed by atoms with Crippen LogP contribution in [0.2, 0.25) is 0 Å². The van der Waals surface area contributed by atoms with Crippen molar-refractivity contribution in [3.63, 3.8) is 0 Å². The maximum Gasteiger partial charge on any atom is 0.170 e. The van der Waals surface area contributed by atoms with Crippen molar-refractivity contribution in [3.8, 4) is 11.5 Å². The van der Waals surface area contributed by atoms with Gasteiger partial charge in [0.05, 0.1) is 13.5 Å². The smallest absolute Gasteiger partial charge is 0.170 e. The van der Waals surface area contributed by atoms with E-state index < -0.39 is 0 Å². The van der Waals surface area contributed by atoms with Gasteiger partial charge in [0, 0.05) is 12.0 Å². The third-order valence-corrected chi connectivity index (χ3v) is 5.02. The van der Waals surface area contributed by atoms with Gasteiger partial charge in [-0.1, -0.05) is 31.9 Å². The summed E-state index contributed by atoms with van der Waals surface area (Å²) in [7, 11) is 3.44. The first-order valence-electron chi connectivity index (χ1n) is 9.95. The Morgan fingerprint density at radius 2 is 1.89 bits per heavy atom. The van der Waals surface area contributed by atoms with E-state index in [1.807, 2.05) is 7.05 Å². The number of rotatable bonds is 12. The number of fused-ring (bicyclic) bond motifs is 1. The van der Waals surface area contributed by atoms with Crippen molar-refractivity contribution in [3.05, 3.63) is 35.9 Å². The van der Waals surface area contributed by atoms with Crippen molar-refractivity contribution in [1.82, 2.24) is 5.32 Å². The van der Waals surface area contributed by atoms with Crippen LogP contribution in [-0.4, -0.2) is 37.4 Å². The minimum Gasteiger partial charge on any atom is -0.504 e. The highest BCUT2D eigenvalue weighted by Gasteiger charge is 2.13. The molecule has 2 aromatic rings. The summed E-state index contributed by atoms with van der Waals surface area (Å²) in [5.74, 6) is 0.899. The van der Waals surface area contributed by atoms with Gasteiger partial charge in [0.15, 0.2) is 17.3 Å². The van der Waals surface area contributed by atoms with Crippen molar-refractivity contribution < 1.29 is 19.4 Å². The second kappa shape index (κ2) is 10.8. The number of phenolic OH excluding ortho intramolecular Hbond substituents is 1. The molecule has 0 heterocycles. The van der Waals surface area contributed by atoms with Gasteiger partial charge >= 0.3 is 0 Å². The molecule has 0 bridgehead atoms. The lowest BCUT2D eigenvalue weighted by atomic mass is 9.98. The molecule has 0 aliphatic rings. The molecule has 2 aromatic carbocycles. The number of ketones is 2. The van der Waals surface area contributed by atoms with Crippen molar-refractivity contribution >= 4 is 22.3 Å². The van der Waals surface area contributed by atoms with E-state index in [0.29, 0.717) is 23.7 Å². The lowest BCUT2D eigenvalue weighted by Crippen LogP contribution is -2.15. The molecule has 0 saturated heterocycles. The number of ether oxygens (including phenoxy) is 1. The highest BCUT2D eigenvalue weighted by Crippen LogP contribution is 2.31. The zero-order valence-electron chi connectivity index (χ0n) is 17.1. The predicted octanol–water partition coefficient (Wildman–Crippen LogP) is 4.50. The number of Topliss-reactive ketones (excluding diaryl/α,β-unsaturated/α-hetero) is 2. The Morgan fingerprint density at radius 1 is 1.11 bits per heavy atom. The molecule has 0 unspecified atom stereocenters. The number of hydrogen-bond acceptors (Lipinski definition) is 5. The summed E-state index contributed by atoms with van der Waals surface area (Å²) in [6, 6.07) is 8.52. The Labute approximate surface area is 167 Å². The number of unbranched alkanes of at least 4 members (excludes halogenated alkanes) is 2. The number of nitrogens with one attached hydrogen (secondary N) is 1. The minimum atomic E-state index is -0.165. The summed E-state index contributed by atoms with van der Waals surface area (Å²) in [4.78, 5) is 24.6. The number of hydrogen-bond donors (Lipinski definition) is 2. The summed E-state index contributed by atoms with van der Waals surface area (Å²) in [5.41, 5.74) is 0.509. The molecule has 0 saturated carbocycles. The third-order valence-electron chi connectivity index (χ3n) is 5.02. The molecule has 0 radical (unpaired) electrons. The molecule has 152 valence electrons. The lowest BCUT2D eigenvalue weighted by molar-refractivity contribution is -0.118. The Kier molecular flexibility index (Phi) is 8.45. The van der Waals surface area contributed by atoms with Gasteiger partial charge in [-0.25, -0.2) is 0 Å². The molecule has 2 rings (SSSR count). The highest BCUT2D eigenvalue weighted by atomic mass is 16.5. The maximum atomic E-state index is 12.5. The Balaban J connectivity index is 1.85. The maximum absolute atomic E-state index is 12.5. The molecule has 0 aromatic heterocycles. The van der Waals surface area contributed by atoms with Crippen LogP contribution >= 0.6 is 0 Å². The second-order valence-corrected chi connectivity index (χ2v) is 7.49. The first-order valence-corrected chi connectivity index (χ1v) is 9.95.